The molecule has 2 heterocycles. The second-order valence-corrected chi connectivity index (χ2v) is 6.40. The molecule has 1 fully saturated rings. The van der Waals surface area contributed by atoms with Crippen LogP contribution in [0.4, 0.5) is 5.69 Å². The summed E-state index contributed by atoms with van der Waals surface area (Å²) < 4.78 is 10.9. The van der Waals surface area contributed by atoms with Gasteiger partial charge in [-0.2, -0.15) is 0 Å². The molecule has 0 unspecified atom stereocenters. The van der Waals surface area contributed by atoms with Crippen LogP contribution >= 0.6 is 12.4 Å². The minimum absolute atomic E-state index is 0. The molecule has 9 heteroatoms. The Kier molecular flexibility index (Phi) is 7.05. The van der Waals surface area contributed by atoms with Gasteiger partial charge in [-0.05, 0) is 38.8 Å². The summed E-state index contributed by atoms with van der Waals surface area (Å²) in [4.78, 5) is 25.4. The largest absolute Gasteiger partial charge is 0.486 e. The number of halogens is 1. The first kappa shape index (κ1) is 20.3. The maximum Gasteiger partial charge on any atom is 0.286 e. The fourth-order valence-corrected chi connectivity index (χ4v) is 3.34. The van der Waals surface area contributed by atoms with E-state index in [0.29, 0.717) is 43.7 Å². The zero-order valence-corrected chi connectivity index (χ0v) is 15.5. The Balaban J connectivity index is 0.00000243. The van der Waals surface area contributed by atoms with E-state index < -0.39 is 4.92 Å². The lowest BCUT2D eigenvalue weighted by atomic mass is 9.93. The van der Waals surface area contributed by atoms with E-state index in [4.69, 9.17) is 9.47 Å². The van der Waals surface area contributed by atoms with Crippen molar-refractivity contribution in [1.29, 1.82) is 0 Å². The van der Waals surface area contributed by atoms with Crippen molar-refractivity contribution in [3.63, 3.8) is 0 Å². The predicted molar refractivity (Wildman–Crippen MR) is 98.5 cm³/mol. The lowest BCUT2D eigenvalue weighted by molar-refractivity contribution is -0.385. The van der Waals surface area contributed by atoms with Crippen LogP contribution in [-0.4, -0.2) is 55.6 Å². The zero-order valence-electron chi connectivity index (χ0n) is 14.7. The number of piperidine rings is 1. The summed E-state index contributed by atoms with van der Waals surface area (Å²) in [6.45, 7) is 2.93. The number of carbonyl (C=O) groups is 1. The molecule has 0 aliphatic carbocycles. The van der Waals surface area contributed by atoms with Crippen molar-refractivity contribution in [3.05, 3.63) is 27.8 Å². The van der Waals surface area contributed by atoms with Crippen LogP contribution in [-0.2, 0) is 0 Å². The van der Waals surface area contributed by atoms with Crippen molar-refractivity contribution in [2.24, 2.45) is 5.92 Å². The van der Waals surface area contributed by atoms with Crippen molar-refractivity contribution in [1.82, 2.24) is 10.2 Å². The Morgan fingerprint density at radius 3 is 2.46 bits per heavy atom. The van der Waals surface area contributed by atoms with Gasteiger partial charge in [-0.3, -0.25) is 14.9 Å². The van der Waals surface area contributed by atoms with Crippen molar-refractivity contribution in [3.8, 4) is 11.5 Å². The first-order valence-corrected chi connectivity index (χ1v) is 8.62. The molecule has 2 aliphatic rings. The Morgan fingerprint density at radius 1 is 1.27 bits per heavy atom. The Morgan fingerprint density at radius 2 is 1.88 bits per heavy atom. The minimum Gasteiger partial charge on any atom is -0.486 e. The van der Waals surface area contributed by atoms with Crippen LogP contribution in [0.1, 0.15) is 29.6 Å². The molecule has 1 N–H and O–H groups in total. The normalized spacial score (nSPS) is 16.7. The van der Waals surface area contributed by atoms with Gasteiger partial charge in [0.1, 0.15) is 18.8 Å². The summed E-state index contributed by atoms with van der Waals surface area (Å²) in [5.74, 6) is 0.992. The number of nitro groups is 1. The molecule has 26 heavy (non-hydrogen) atoms. The third-order valence-electron chi connectivity index (χ3n) is 4.79. The van der Waals surface area contributed by atoms with Crippen LogP contribution in [0, 0.1) is 16.0 Å². The fraction of sp³-hybridized carbons (Fsp3) is 0.588. The molecule has 1 saturated heterocycles. The maximum absolute atomic E-state index is 12.8. The van der Waals surface area contributed by atoms with Gasteiger partial charge in [0.2, 0.25) is 0 Å². The Bertz CT molecular complexity index is 662. The summed E-state index contributed by atoms with van der Waals surface area (Å²) in [7, 11) is 1.93. The van der Waals surface area contributed by atoms with E-state index in [0.717, 1.165) is 25.8 Å². The molecule has 1 aromatic rings. The molecule has 0 bridgehead atoms. The maximum atomic E-state index is 12.8. The minimum atomic E-state index is -0.537. The van der Waals surface area contributed by atoms with Gasteiger partial charge in [-0.15, -0.1) is 12.4 Å². The van der Waals surface area contributed by atoms with Crippen molar-refractivity contribution in [2.45, 2.75) is 19.3 Å². The van der Waals surface area contributed by atoms with E-state index in [2.05, 4.69) is 5.32 Å². The van der Waals surface area contributed by atoms with E-state index >= 15 is 0 Å². The first-order valence-electron chi connectivity index (χ1n) is 8.62. The molecule has 2 aliphatic heterocycles. The van der Waals surface area contributed by atoms with Gasteiger partial charge in [-0.25, -0.2) is 0 Å². The Labute approximate surface area is 158 Å². The average Bonchev–Trinajstić information content (AvgIpc) is 2.65. The number of nitrogens with one attached hydrogen (secondary N) is 1. The van der Waals surface area contributed by atoms with Crippen LogP contribution in [0.25, 0.3) is 0 Å². The van der Waals surface area contributed by atoms with Crippen molar-refractivity contribution >= 4 is 24.0 Å². The molecule has 0 atom stereocenters. The highest BCUT2D eigenvalue weighted by Crippen LogP contribution is 2.37. The number of rotatable bonds is 5. The molecule has 1 amide bonds. The van der Waals surface area contributed by atoms with Crippen LogP contribution < -0.4 is 14.8 Å². The Hall–Kier alpha value is -2.06. The molecule has 1 aromatic carbocycles. The lowest BCUT2D eigenvalue weighted by Crippen LogP contribution is -2.39. The van der Waals surface area contributed by atoms with Gasteiger partial charge in [0.15, 0.2) is 11.5 Å². The number of carbonyl (C=O) groups excluding carboxylic acids is 1. The molecule has 0 spiro atoms. The number of hydrogen-bond donors (Lipinski definition) is 1. The number of benzene rings is 1. The molecule has 3 rings (SSSR count). The predicted octanol–water partition coefficient (Wildman–Crippen LogP) is 2.25. The number of hydrogen-bond acceptors (Lipinski definition) is 6. The second kappa shape index (κ2) is 9.05. The van der Waals surface area contributed by atoms with Gasteiger partial charge in [-0.1, -0.05) is 0 Å². The lowest BCUT2D eigenvalue weighted by Gasteiger charge is -2.32. The molecular weight excluding hydrogens is 362 g/mol. The van der Waals surface area contributed by atoms with E-state index in [-0.39, 0.29) is 29.6 Å². The third-order valence-corrected chi connectivity index (χ3v) is 4.79. The number of amides is 1. The highest BCUT2D eigenvalue weighted by Gasteiger charge is 2.31. The average molecular weight is 386 g/mol. The van der Waals surface area contributed by atoms with Crippen molar-refractivity contribution in [2.75, 3.05) is 39.9 Å². The third kappa shape index (κ3) is 4.37. The summed E-state index contributed by atoms with van der Waals surface area (Å²) in [6.07, 6.45) is 2.93. The van der Waals surface area contributed by atoms with Crippen LogP contribution in [0.5, 0.6) is 11.5 Å². The topological polar surface area (TPSA) is 93.9 Å². The van der Waals surface area contributed by atoms with E-state index in [9.17, 15) is 14.9 Å². The number of nitro benzene ring substituents is 1. The highest BCUT2D eigenvalue weighted by molar-refractivity contribution is 5.99. The number of fused-ring (bicyclic) bond motifs is 1. The van der Waals surface area contributed by atoms with Gasteiger partial charge >= 0.3 is 0 Å². The molecule has 0 aromatic heterocycles. The van der Waals surface area contributed by atoms with Crippen molar-refractivity contribution < 1.29 is 19.2 Å². The number of ether oxygens (including phenoxy) is 2. The van der Waals surface area contributed by atoms with Gasteiger partial charge < -0.3 is 19.7 Å². The van der Waals surface area contributed by atoms with Crippen LogP contribution in [0.15, 0.2) is 12.1 Å². The highest BCUT2D eigenvalue weighted by atomic mass is 35.5. The zero-order chi connectivity index (χ0) is 17.8. The van der Waals surface area contributed by atoms with E-state index in [1.807, 2.05) is 7.05 Å². The molecule has 8 nitrogen and oxygen atoms in total. The van der Waals surface area contributed by atoms with E-state index in [1.54, 1.807) is 4.90 Å². The summed E-state index contributed by atoms with van der Waals surface area (Å²) in [5.41, 5.74) is -0.158. The monoisotopic (exact) mass is 385 g/mol. The fourth-order valence-electron chi connectivity index (χ4n) is 3.34. The molecular formula is C17H24ClN3O5. The number of likely N-dealkylation sites (tertiary alicyclic amines) is 1. The summed E-state index contributed by atoms with van der Waals surface area (Å²) >= 11 is 0. The second-order valence-electron chi connectivity index (χ2n) is 6.40. The van der Waals surface area contributed by atoms with E-state index in [1.165, 1.54) is 12.1 Å². The van der Waals surface area contributed by atoms with Gasteiger partial charge in [0.25, 0.3) is 11.6 Å². The van der Waals surface area contributed by atoms with Crippen LogP contribution in [0.3, 0.4) is 0 Å². The summed E-state index contributed by atoms with van der Waals surface area (Å²) in [5, 5.41) is 14.5. The smallest absolute Gasteiger partial charge is 0.286 e. The molecule has 0 radical (unpaired) electrons. The first-order chi connectivity index (χ1) is 12.1. The SMILES string of the molecule is CNCCC1CCN(C(=O)c2cc3c(cc2[N+](=O)[O-])OCCO3)CC1.Cl. The van der Waals surface area contributed by atoms with Gasteiger partial charge in [0.05, 0.1) is 11.0 Å². The summed E-state index contributed by atoms with van der Waals surface area (Å²) in [6, 6.07) is 2.74. The molecule has 144 valence electrons. The standard InChI is InChI=1S/C17H23N3O5.ClH/c1-18-5-2-12-3-6-19(7-4-12)17(21)13-10-15-16(25-9-8-24-15)11-14(13)20(22)23;/h10-12,18H,2-9H2,1H3;1H. The van der Waals surface area contributed by atoms with Gasteiger partial charge in [0, 0.05) is 19.2 Å². The van der Waals surface area contributed by atoms with Crippen LogP contribution in [0.2, 0.25) is 0 Å². The molecule has 0 saturated carbocycles. The quantitative estimate of drug-likeness (QED) is 0.617. The number of nitrogens with zero attached hydrogens (tertiary/aromatic N) is 2.